The number of carbonyl (C=O) groups excluding carboxylic acids is 2. The molecule has 2 aromatic rings. The van der Waals surface area contributed by atoms with Crippen molar-refractivity contribution in [2.24, 2.45) is 5.10 Å². The molecule has 0 spiro atoms. The van der Waals surface area contributed by atoms with Gasteiger partial charge in [-0.25, -0.2) is 5.01 Å². The molecule has 1 N–H and O–H groups in total. The van der Waals surface area contributed by atoms with Gasteiger partial charge in [-0.15, -0.1) is 0 Å². The Morgan fingerprint density at radius 2 is 1.74 bits per heavy atom. The lowest BCUT2D eigenvalue weighted by molar-refractivity contribution is -0.145. The average Bonchev–Trinajstić information content (AvgIpc) is 2.70. The third-order valence-electron chi connectivity index (χ3n) is 4.41. The summed E-state index contributed by atoms with van der Waals surface area (Å²) in [7, 11) is 0. The van der Waals surface area contributed by atoms with Crippen molar-refractivity contribution in [3.63, 3.8) is 0 Å². The summed E-state index contributed by atoms with van der Waals surface area (Å²) in [5.41, 5.74) is 1.88. The second-order valence-corrected chi connectivity index (χ2v) is 6.28. The molecule has 1 aliphatic heterocycles. The van der Waals surface area contributed by atoms with Crippen molar-refractivity contribution in [1.29, 1.82) is 0 Å². The molecule has 0 radical (unpaired) electrons. The first-order valence-corrected chi connectivity index (χ1v) is 8.95. The molecule has 2 aromatic carbocycles. The Morgan fingerprint density at radius 1 is 1.11 bits per heavy atom. The number of hydrazone groups is 1. The SMILES string of the molecule is CCOC(=O)C[C@@H]1[C@H](O)CC(c2ccccc2)=NN1C(=O)c1ccccc1. The molecule has 1 amide bonds. The Hall–Kier alpha value is -2.99. The lowest BCUT2D eigenvalue weighted by atomic mass is 9.95. The predicted octanol–water partition coefficient (Wildman–Crippen LogP) is 2.62. The molecule has 0 bridgehead atoms. The Balaban J connectivity index is 1.96. The summed E-state index contributed by atoms with van der Waals surface area (Å²) in [5.74, 6) is -0.831. The van der Waals surface area contributed by atoms with Gasteiger partial charge in [0.15, 0.2) is 0 Å². The molecule has 0 saturated carbocycles. The summed E-state index contributed by atoms with van der Waals surface area (Å²) in [5, 5.41) is 16.4. The van der Waals surface area contributed by atoms with E-state index in [-0.39, 0.29) is 25.4 Å². The van der Waals surface area contributed by atoms with E-state index < -0.39 is 18.1 Å². The standard InChI is InChI=1S/C21H22N2O4/c1-2-27-20(25)14-18-19(24)13-17(15-9-5-3-6-10-15)22-23(18)21(26)16-11-7-4-8-12-16/h3-12,18-19,24H,2,13-14H2,1H3/t18-,19-/m1/s1. The number of carbonyl (C=O) groups is 2. The highest BCUT2D eigenvalue weighted by molar-refractivity contribution is 6.03. The molecule has 0 fully saturated rings. The van der Waals surface area contributed by atoms with Crippen molar-refractivity contribution in [2.45, 2.75) is 31.9 Å². The fourth-order valence-electron chi connectivity index (χ4n) is 3.07. The van der Waals surface area contributed by atoms with E-state index in [0.29, 0.717) is 11.3 Å². The maximum absolute atomic E-state index is 13.0. The van der Waals surface area contributed by atoms with Crippen LogP contribution < -0.4 is 0 Å². The summed E-state index contributed by atoms with van der Waals surface area (Å²) < 4.78 is 5.00. The third kappa shape index (κ3) is 4.41. The third-order valence-corrected chi connectivity index (χ3v) is 4.41. The van der Waals surface area contributed by atoms with Crippen LogP contribution in [0.5, 0.6) is 0 Å². The number of nitrogens with zero attached hydrogens (tertiary/aromatic N) is 2. The van der Waals surface area contributed by atoms with Crippen LogP contribution >= 0.6 is 0 Å². The molecule has 2 atom stereocenters. The molecule has 0 saturated heterocycles. The van der Waals surface area contributed by atoms with Gasteiger partial charge >= 0.3 is 5.97 Å². The molecule has 27 heavy (non-hydrogen) atoms. The first-order valence-electron chi connectivity index (χ1n) is 8.95. The number of rotatable bonds is 5. The monoisotopic (exact) mass is 366 g/mol. The van der Waals surface area contributed by atoms with Gasteiger partial charge in [-0.05, 0) is 24.6 Å². The molecule has 3 rings (SSSR count). The van der Waals surface area contributed by atoms with Gasteiger partial charge in [0, 0.05) is 12.0 Å². The average molecular weight is 366 g/mol. The van der Waals surface area contributed by atoms with E-state index in [2.05, 4.69) is 5.10 Å². The molecule has 6 nitrogen and oxygen atoms in total. The van der Waals surface area contributed by atoms with Crippen molar-refractivity contribution in [3.8, 4) is 0 Å². The predicted molar refractivity (Wildman–Crippen MR) is 101 cm³/mol. The van der Waals surface area contributed by atoms with Crippen LogP contribution in [0.1, 0.15) is 35.7 Å². The minimum absolute atomic E-state index is 0.112. The summed E-state index contributed by atoms with van der Waals surface area (Å²) in [6.45, 7) is 1.96. The molecule has 0 aromatic heterocycles. The first kappa shape index (κ1) is 18.8. The minimum atomic E-state index is -0.922. The second-order valence-electron chi connectivity index (χ2n) is 6.28. The molecule has 1 aliphatic rings. The van der Waals surface area contributed by atoms with E-state index in [1.165, 1.54) is 5.01 Å². The van der Waals surface area contributed by atoms with E-state index in [4.69, 9.17) is 4.74 Å². The number of esters is 1. The Morgan fingerprint density at radius 3 is 2.37 bits per heavy atom. The van der Waals surface area contributed by atoms with Gasteiger partial charge in [-0.2, -0.15) is 5.10 Å². The zero-order chi connectivity index (χ0) is 19.2. The van der Waals surface area contributed by atoms with Crippen molar-refractivity contribution >= 4 is 17.6 Å². The largest absolute Gasteiger partial charge is 0.466 e. The van der Waals surface area contributed by atoms with Crippen LogP contribution in [-0.2, 0) is 9.53 Å². The first-order chi connectivity index (χ1) is 13.1. The molecular formula is C21H22N2O4. The highest BCUT2D eigenvalue weighted by Crippen LogP contribution is 2.24. The number of aliphatic hydroxyl groups is 1. The number of ether oxygens (including phenoxy) is 1. The van der Waals surface area contributed by atoms with Crippen molar-refractivity contribution < 1.29 is 19.4 Å². The van der Waals surface area contributed by atoms with Crippen LogP contribution in [0.4, 0.5) is 0 Å². The van der Waals surface area contributed by atoms with Gasteiger partial charge in [0.2, 0.25) is 0 Å². The van der Waals surface area contributed by atoms with Crippen LogP contribution in [-0.4, -0.2) is 46.5 Å². The fourth-order valence-corrected chi connectivity index (χ4v) is 3.07. The quantitative estimate of drug-likeness (QED) is 0.825. The number of hydrogen-bond acceptors (Lipinski definition) is 5. The maximum Gasteiger partial charge on any atom is 0.308 e. The van der Waals surface area contributed by atoms with Gasteiger partial charge in [0.05, 0.1) is 30.9 Å². The van der Waals surface area contributed by atoms with Gasteiger partial charge in [-0.1, -0.05) is 48.5 Å². The number of aliphatic hydroxyl groups excluding tert-OH is 1. The molecule has 0 unspecified atom stereocenters. The van der Waals surface area contributed by atoms with Crippen LogP contribution in [0.2, 0.25) is 0 Å². The lowest BCUT2D eigenvalue weighted by Crippen LogP contribution is -2.50. The molecular weight excluding hydrogens is 344 g/mol. The maximum atomic E-state index is 13.0. The van der Waals surface area contributed by atoms with Crippen molar-refractivity contribution in [3.05, 3.63) is 71.8 Å². The van der Waals surface area contributed by atoms with Gasteiger partial charge in [-0.3, -0.25) is 9.59 Å². The molecule has 6 heteroatoms. The van der Waals surface area contributed by atoms with E-state index in [1.807, 2.05) is 36.4 Å². The summed E-state index contributed by atoms with van der Waals surface area (Å²) in [6.07, 6.45) is -0.777. The van der Waals surface area contributed by atoms with E-state index >= 15 is 0 Å². The summed E-state index contributed by atoms with van der Waals surface area (Å²) in [4.78, 5) is 25.0. The minimum Gasteiger partial charge on any atom is -0.466 e. The van der Waals surface area contributed by atoms with Crippen molar-refractivity contribution in [1.82, 2.24) is 5.01 Å². The number of amides is 1. The van der Waals surface area contributed by atoms with Crippen LogP contribution in [0.15, 0.2) is 65.8 Å². The highest BCUT2D eigenvalue weighted by Gasteiger charge is 2.37. The van der Waals surface area contributed by atoms with Gasteiger partial charge < -0.3 is 9.84 Å². The topological polar surface area (TPSA) is 79.2 Å². The van der Waals surface area contributed by atoms with Gasteiger partial charge in [0.1, 0.15) is 0 Å². The second kappa shape index (κ2) is 8.60. The van der Waals surface area contributed by atoms with E-state index in [0.717, 1.165) is 5.56 Å². The van der Waals surface area contributed by atoms with Crippen LogP contribution in [0.25, 0.3) is 0 Å². The Labute approximate surface area is 158 Å². The van der Waals surface area contributed by atoms with Gasteiger partial charge in [0.25, 0.3) is 5.91 Å². The summed E-state index contributed by atoms with van der Waals surface area (Å²) in [6, 6.07) is 17.3. The number of benzene rings is 2. The Bertz CT molecular complexity index is 821. The summed E-state index contributed by atoms with van der Waals surface area (Å²) >= 11 is 0. The smallest absolute Gasteiger partial charge is 0.308 e. The van der Waals surface area contributed by atoms with E-state index in [1.54, 1.807) is 31.2 Å². The van der Waals surface area contributed by atoms with Crippen LogP contribution in [0, 0.1) is 0 Å². The highest BCUT2D eigenvalue weighted by atomic mass is 16.5. The van der Waals surface area contributed by atoms with E-state index in [9.17, 15) is 14.7 Å². The lowest BCUT2D eigenvalue weighted by Gasteiger charge is -2.35. The zero-order valence-electron chi connectivity index (χ0n) is 15.1. The zero-order valence-corrected chi connectivity index (χ0v) is 15.1. The van der Waals surface area contributed by atoms with Crippen LogP contribution in [0.3, 0.4) is 0 Å². The molecule has 1 heterocycles. The van der Waals surface area contributed by atoms with Crippen molar-refractivity contribution in [2.75, 3.05) is 6.61 Å². The molecule has 0 aliphatic carbocycles. The Kier molecular flexibility index (Phi) is 5.98. The fraction of sp³-hybridized carbons (Fsp3) is 0.286. The molecule has 140 valence electrons. The number of hydrogen-bond donors (Lipinski definition) is 1. The normalized spacial score (nSPS) is 19.3.